The highest BCUT2D eigenvalue weighted by Gasteiger charge is 2.14. The van der Waals surface area contributed by atoms with Gasteiger partial charge >= 0.3 is 0 Å². The number of nitrogens with zero attached hydrogens (tertiary/aromatic N) is 6. The number of hydrogen-bond acceptors (Lipinski definition) is 7. The first-order valence-electron chi connectivity index (χ1n) is 7.03. The number of benzene rings is 1. The highest BCUT2D eigenvalue weighted by molar-refractivity contribution is 5.75. The summed E-state index contributed by atoms with van der Waals surface area (Å²) in [4.78, 5) is 16.8. The van der Waals surface area contributed by atoms with Crippen molar-refractivity contribution in [2.75, 3.05) is 14.2 Å². The lowest BCUT2D eigenvalue weighted by atomic mass is 10.2. The standard InChI is InChI=1S/C15H12N6O3/c1-23-9-3-4-10(12(7-9)24-2)20-6-5-11-13(14(20)22)18-19-15-16-8-17-21(11)15/h3-8H,1-2H3. The predicted molar refractivity (Wildman–Crippen MR) is 84.8 cm³/mol. The van der Waals surface area contributed by atoms with Gasteiger partial charge in [0, 0.05) is 12.3 Å². The van der Waals surface area contributed by atoms with Crippen LogP contribution in [0.1, 0.15) is 0 Å². The van der Waals surface area contributed by atoms with E-state index >= 15 is 0 Å². The van der Waals surface area contributed by atoms with E-state index in [1.807, 2.05) is 0 Å². The molecule has 0 saturated heterocycles. The zero-order chi connectivity index (χ0) is 16.7. The molecule has 0 N–H and O–H groups in total. The molecule has 0 spiro atoms. The Morgan fingerprint density at radius 1 is 1.08 bits per heavy atom. The van der Waals surface area contributed by atoms with E-state index in [-0.39, 0.29) is 11.1 Å². The van der Waals surface area contributed by atoms with Crippen LogP contribution in [-0.4, -0.2) is 43.6 Å². The lowest BCUT2D eigenvalue weighted by molar-refractivity contribution is 0.393. The smallest absolute Gasteiger partial charge is 0.285 e. The van der Waals surface area contributed by atoms with E-state index in [1.165, 1.54) is 22.5 Å². The number of pyridine rings is 1. The highest BCUT2D eigenvalue weighted by atomic mass is 16.5. The maximum absolute atomic E-state index is 12.8. The minimum atomic E-state index is -0.333. The molecule has 0 saturated carbocycles. The van der Waals surface area contributed by atoms with Crippen molar-refractivity contribution in [2.24, 2.45) is 0 Å². The van der Waals surface area contributed by atoms with E-state index in [1.54, 1.807) is 37.6 Å². The molecule has 0 amide bonds. The first-order chi connectivity index (χ1) is 11.7. The van der Waals surface area contributed by atoms with Crippen LogP contribution < -0.4 is 15.0 Å². The molecule has 1 aromatic carbocycles. The summed E-state index contributed by atoms with van der Waals surface area (Å²) in [7, 11) is 3.10. The zero-order valence-electron chi connectivity index (χ0n) is 12.9. The summed E-state index contributed by atoms with van der Waals surface area (Å²) in [5.41, 5.74) is 0.964. The van der Waals surface area contributed by atoms with Crippen LogP contribution in [0.4, 0.5) is 0 Å². The Bertz CT molecular complexity index is 1120. The van der Waals surface area contributed by atoms with Crippen molar-refractivity contribution < 1.29 is 9.47 Å². The maximum atomic E-state index is 12.8. The van der Waals surface area contributed by atoms with Gasteiger partial charge < -0.3 is 9.47 Å². The number of ether oxygens (including phenoxy) is 2. The van der Waals surface area contributed by atoms with Crippen molar-refractivity contribution in [3.8, 4) is 17.2 Å². The van der Waals surface area contributed by atoms with E-state index < -0.39 is 0 Å². The van der Waals surface area contributed by atoms with Gasteiger partial charge in [-0.25, -0.2) is 0 Å². The quantitative estimate of drug-likeness (QED) is 0.551. The topological polar surface area (TPSA) is 96.4 Å². The van der Waals surface area contributed by atoms with Gasteiger partial charge in [0.25, 0.3) is 11.3 Å². The Morgan fingerprint density at radius 3 is 2.75 bits per heavy atom. The summed E-state index contributed by atoms with van der Waals surface area (Å²) in [6.45, 7) is 0. The van der Waals surface area contributed by atoms with Gasteiger partial charge in [-0.15, -0.1) is 10.2 Å². The molecule has 0 radical (unpaired) electrons. The molecular weight excluding hydrogens is 312 g/mol. The molecule has 0 aliphatic rings. The summed E-state index contributed by atoms with van der Waals surface area (Å²) in [6, 6.07) is 6.93. The highest BCUT2D eigenvalue weighted by Crippen LogP contribution is 2.27. The molecular formula is C15H12N6O3. The third kappa shape index (κ3) is 1.98. The second-order valence-electron chi connectivity index (χ2n) is 4.93. The van der Waals surface area contributed by atoms with E-state index in [0.29, 0.717) is 28.5 Å². The van der Waals surface area contributed by atoms with Crippen LogP contribution in [-0.2, 0) is 0 Å². The lowest BCUT2D eigenvalue weighted by Gasteiger charge is -2.12. The minimum Gasteiger partial charge on any atom is -0.497 e. The van der Waals surface area contributed by atoms with Gasteiger partial charge in [0.2, 0.25) is 0 Å². The van der Waals surface area contributed by atoms with Gasteiger partial charge in [0.15, 0.2) is 5.52 Å². The van der Waals surface area contributed by atoms with Gasteiger partial charge in [0.05, 0.1) is 19.9 Å². The van der Waals surface area contributed by atoms with Gasteiger partial charge in [0.1, 0.15) is 23.3 Å². The first-order valence-corrected chi connectivity index (χ1v) is 7.03. The second-order valence-corrected chi connectivity index (χ2v) is 4.93. The van der Waals surface area contributed by atoms with Crippen LogP contribution in [0.3, 0.4) is 0 Å². The Morgan fingerprint density at radius 2 is 1.96 bits per heavy atom. The van der Waals surface area contributed by atoms with Crippen LogP contribution in [0.5, 0.6) is 11.5 Å². The molecule has 4 rings (SSSR count). The minimum absolute atomic E-state index is 0.188. The van der Waals surface area contributed by atoms with Crippen LogP contribution in [0.15, 0.2) is 41.6 Å². The zero-order valence-corrected chi connectivity index (χ0v) is 12.9. The summed E-state index contributed by atoms with van der Waals surface area (Å²) in [5, 5.41) is 12.0. The predicted octanol–water partition coefficient (Wildman–Crippen LogP) is 0.841. The molecule has 3 heterocycles. The lowest BCUT2D eigenvalue weighted by Crippen LogP contribution is -2.20. The Hall–Kier alpha value is -3.49. The Kier molecular flexibility index (Phi) is 3.12. The number of hydrogen-bond donors (Lipinski definition) is 0. The average molecular weight is 324 g/mol. The SMILES string of the molecule is COc1ccc(-n2ccc3c(nnc4ncnn43)c2=O)c(OC)c1. The van der Waals surface area contributed by atoms with Crippen molar-refractivity contribution in [1.29, 1.82) is 0 Å². The molecule has 24 heavy (non-hydrogen) atoms. The van der Waals surface area contributed by atoms with Gasteiger partial charge in [-0.2, -0.15) is 14.6 Å². The Balaban J connectivity index is 2.00. The fraction of sp³-hybridized carbons (Fsp3) is 0.133. The van der Waals surface area contributed by atoms with E-state index in [4.69, 9.17) is 9.47 Å². The Labute approximate surface area is 135 Å². The van der Waals surface area contributed by atoms with E-state index in [0.717, 1.165) is 0 Å². The largest absolute Gasteiger partial charge is 0.497 e. The van der Waals surface area contributed by atoms with E-state index in [9.17, 15) is 4.79 Å². The van der Waals surface area contributed by atoms with Crippen molar-refractivity contribution in [1.82, 2.24) is 29.4 Å². The molecule has 0 bridgehead atoms. The van der Waals surface area contributed by atoms with Gasteiger partial charge in [-0.05, 0) is 18.2 Å². The fourth-order valence-corrected chi connectivity index (χ4v) is 2.52. The van der Waals surface area contributed by atoms with Gasteiger partial charge in [-0.1, -0.05) is 0 Å². The normalized spacial score (nSPS) is 11.1. The number of methoxy groups -OCH3 is 2. The van der Waals surface area contributed by atoms with Crippen molar-refractivity contribution in [3.63, 3.8) is 0 Å². The van der Waals surface area contributed by atoms with Crippen LogP contribution in [0.25, 0.3) is 22.5 Å². The molecule has 0 aliphatic heterocycles. The third-order valence-corrected chi connectivity index (χ3v) is 3.69. The average Bonchev–Trinajstić information content (AvgIpc) is 3.10. The third-order valence-electron chi connectivity index (χ3n) is 3.69. The number of rotatable bonds is 3. The fourth-order valence-electron chi connectivity index (χ4n) is 2.52. The molecule has 9 heteroatoms. The van der Waals surface area contributed by atoms with E-state index in [2.05, 4.69) is 20.3 Å². The molecule has 0 unspecified atom stereocenters. The summed E-state index contributed by atoms with van der Waals surface area (Å²) in [5.74, 6) is 1.47. The summed E-state index contributed by atoms with van der Waals surface area (Å²) < 4.78 is 13.5. The molecule has 9 nitrogen and oxygen atoms in total. The molecule has 0 atom stereocenters. The van der Waals surface area contributed by atoms with Crippen LogP contribution in [0, 0.1) is 0 Å². The molecule has 3 aromatic heterocycles. The van der Waals surface area contributed by atoms with Crippen LogP contribution >= 0.6 is 0 Å². The molecule has 4 aromatic rings. The summed E-state index contributed by atoms with van der Waals surface area (Å²) in [6.07, 6.45) is 3.00. The summed E-state index contributed by atoms with van der Waals surface area (Å²) >= 11 is 0. The molecule has 0 fully saturated rings. The van der Waals surface area contributed by atoms with Crippen LogP contribution in [0.2, 0.25) is 0 Å². The molecule has 0 aliphatic carbocycles. The monoisotopic (exact) mass is 324 g/mol. The first kappa shape index (κ1) is 14.1. The number of fused-ring (bicyclic) bond motifs is 3. The van der Waals surface area contributed by atoms with Crippen molar-refractivity contribution in [2.45, 2.75) is 0 Å². The molecule has 120 valence electrons. The maximum Gasteiger partial charge on any atom is 0.285 e. The van der Waals surface area contributed by atoms with Crippen molar-refractivity contribution in [3.05, 3.63) is 47.1 Å². The second kappa shape index (κ2) is 5.30. The number of aromatic nitrogens is 6. The van der Waals surface area contributed by atoms with Gasteiger partial charge in [-0.3, -0.25) is 9.36 Å². The van der Waals surface area contributed by atoms with Crippen molar-refractivity contribution >= 4 is 16.8 Å².